The van der Waals surface area contributed by atoms with E-state index in [-0.39, 0.29) is 5.41 Å². The van der Waals surface area contributed by atoms with Gasteiger partial charge < -0.3 is 9.57 Å². The van der Waals surface area contributed by atoms with Crippen LogP contribution in [0.4, 0.5) is 0 Å². The number of hydrogen-bond donors (Lipinski definition) is 1. The van der Waals surface area contributed by atoms with Gasteiger partial charge in [-0.25, -0.2) is 15.0 Å². The van der Waals surface area contributed by atoms with Crippen LogP contribution in [0, 0.1) is 17.3 Å². The molecule has 0 fully saturated rings. The summed E-state index contributed by atoms with van der Waals surface area (Å²) in [7, 11) is 0. The Bertz CT molecular complexity index is 775. The molecule has 0 unspecified atom stereocenters. The molecule has 1 aromatic heterocycles. The van der Waals surface area contributed by atoms with Crippen LogP contribution in [0.1, 0.15) is 32.2 Å². The molecule has 0 bridgehead atoms. The van der Waals surface area contributed by atoms with Crippen LogP contribution in [0.3, 0.4) is 0 Å². The number of aromatic nitrogens is 2. The molecular formula is C19H22N4O2. The summed E-state index contributed by atoms with van der Waals surface area (Å²) in [5, 5.41) is 1.87. The Hall–Kier alpha value is -2.62. The average Bonchev–Trinajstić information content (AvgIpc) is 2.57. The van der Waals surface area contributed by atoms with Crippen molar-refractivity contribution in [3.05, 3.63) is 48.0 Å². The maximum absolute atomic E-state index is 5.80. The Morgan fingerprint density at radius 3 is 2.76 bits per heavy atom. The van der Waals surface area contributed by atoms with Crippen molar-refractivity contribution in [2.45, 2.75) is 27.3 Å². The molecular weight excluding hydrogens is 316 g/mol. The third kappa shape index (κ3) is 5.18. The number of benzene rings is 1. The Labute approximate surface area is 148 Å². The molecule has 0 spiro atoms. The molecule has 1 aliphatic heterocycles. The summed E-state index contributed by atoms with van der Waals surface area (Å²) < 4.78 is 5.80. The fourth-order valence-electron chi connectivity index (χ4n) is 2.16. The van der Waals surface area contributed by atoms with Gasteiger partial charge in [-0.1, -0.05) is 17.4 Å². The third-order valence-electron chi connectivity index (χ3n) is 3.38. The maximum Gasteiger partial charge on any atom is 0.192 e. The van der Waals surface area contributed by atoms with Crippen molar-refractivity contribution in [2.75, 3.05) is 13.2 Å². The van der Waals surface area contributed by atoms with Crippen LogP contribution >= 0.6 is 0 Å². The van der Waals surface area contributed by atoms with E-state index in [0.29, 0.717) is 37.0 Å². The quantitative estimate of drug-likeness (QED) is 0.850. The first-order chi connectivity index (χ1) is 12.0. The standard InChI is InChI=1S/C19H22N4O2/c1-19(2,3)8-7-15-5-6-16-17(13-15)25-22-23(11-12-24-16)14-18-20-9-4-10-21-18/h4-6,9-10,13,22H,11-12,14H2,1-3H3. The zero-order valence-electron chi connectivity index (χ0n) is 14.7. The maximum atomic E-state index is 5.80. The number of nitrogens with zero attached hydrogens (tertiary/aromatic N) is 3. The number of nitrogens with one attached hydrogen (secondary N) is 1. The van der Waals surface area contributed by atoms with Crippen molar-refractivity contribution in [1.29, 1.82) is 0 Å². The molecule has 2 aromatic rings. The summed E-state index contributed by atoms with van der Waals surface area (Å²) in [6.07, 6.45) is 3.44. The van der Waals surface area contributed by atoms with E-state index >= 15 is 0 Å². The summed E-state index contributed by atoms with van der Waals surface area (Å²) in [6.45, 7) is 7.93. The number of fused-ring (bicyclic) bond motifs is 1. The van der Waals surface area contributed by atoms with Gasteiger partial charge in [-0.3, -0.25) is 0 Å². The Morgan fingerprint density at radius 2 is 2.00 bits per heavy atom. The molecule has 0 atom stereocenters. The minimum absolute atomic E-state index is 0.0492. The highest BCUT2D eigenvalue weighted by molar-refractivity contribution is 5.48. The van der Waals surface area contributed by atoms with Crippen molar-refractivity contribution in [3.63, 3.8) is 0 Å². The van der Waals surface area contributed by atoms with E-state index in [4.69, 9.17) is 9.57 Å². The van der Waals surface area contributed by atoms with Crippen LogP contribution in [0.15, 0.2) is 36.7 Å². The van der Waals surface area contributed by atoms with Gasteiger partial charge in [-0.2, -0.15) is 0 Å². The molecule has 0 amide bonds. The number of ether oxygens (including phenoxy) is 1. The molecule has 0 radical (unpaired) electrons. The zero-order chi connectivity index (χ0) is 17.7. The summed E-state index contributed by atoms with van der Waals surface area (Å²) in [6, 6.07) is 7.50. The molecule has 2 heterocycles. The summed E-state index contributed by atoms with van der Waals surface area (Å²) in [4.78, 5) is 14.2. The fourth-order valence-corrected chi connectivity index (χ4v) is 2.16. The largest absolute Gasteiger partial charge is 0.488 e. The summed E-state index contributed by atoms with van der Waals surface area (Å²) in [5.41, 5.74) is 3.79. The minimum Gasteiger partial charge on any atom is -0.488 e. The molecule has 3 rings (SSSR count). The number of hydrazine groups is 1. The first-order valence-electron chi connectivity index (χ1n) is 8.23. The van der Waals surface area contributed by atoms with Crippen LogP contribution in [-0.4, -0.2) is 28.1 Å². The molecule has 6 heteroatoms. The predicted octanol–water partition coefficient (Wildman–Crippen LogP) is 2.57. The van der Waals surface area contributed by atoms with Gasteiger partial charge in [-0.05, 0) is 39.0 Å². The summed E-state index contributed by atoms with van der Waals surface area (Å²) >= 11 is 0. The highest BCUT2D eigenvalue weighted by atomic mass is 16.7. The number of rotatable bonds is 2. The van der Waals surface area contributed by atoms with Crippen molar-refractivity contribution in [1.82, 2.24) is 20.6 Å². The lowest BCUT2D eigenvalue weighted by Gasteiger charge is -2.25. The van der Waals surface area contributed by atoms with Crippen molar-refractivity contribution in [3.8, 4) is 23.3 Å². The Kier molecular flexibility index (Phi) is 5.17. The highest BCUT2D eigenvalue weighted by Gasteiger charge is 2.15. The van der Waals surface area contributed by atoms with Crippen molar-refractivity contribution in [2.24, 2.45) is 5.41 Å². The van der Waals surface area contributed by atoms with Crippen molar-refractivity contribution < 1.29 is 9.57 Å². The molecule has 0 saturated carbocycles. The molecule has 0 saturated heterocycles. The normalized spacial score (nSPS) is 14.8. The van der Waals surface area contributed by atoms with E-state index in [2.05, 4.69) is 48.2 Å². The van der Waals surface area contributed by atoms with E-state index in [1.807, 2.05) is 23.2 Å². The first kappa shape index (κ1) is 17.2. The van der Waals surface area contributed by atoms with Gasteiger partial charge in [0.15, 0.2) is 11.5 Å². The lowest BCUT2D eigenvalue weighted by atomic mass is 9.97. The van der Waals surface area contributed by atoms with Gasteiger partial charge in [0.1, 0.15) is 12.4 Å². The van der Waals surface area contributed by atoms with E-state index in [0.717, 1.165) is 5.56 Å². The number of hydrogen-bond acceptors (Lipinski definition) is 6. The zero-order valence-corrected chi connectivity index (χ0v) is 14.7. The van der Waals surface area contributed by atoms with Gasteiger partial charge >= 0.3 is 0 Å². The minimum atomic E-state index is -0.0492. The topological polar surface area (TPSA) is 59.5 Å². The molecule has 6 nitrogen and oxygen atoms in total. The molecule has 130 valence electrons. The monoisotopic (exact) mass is 338 g/mol. The smallest absolute Gasteiger partial charge is 0.192 e. The van der Waals surface area contributed by atoms with Crippen LogP contribution < -0.4 is 15.2 Å². The van der Waals surface area contributed by atoms with E-state index in [1.165, 1.54) is 0 Å². The Balaban J connectivity index is 1.72. The lowest BCUT2D eigenvalue weighted by molar-refractivity contribution is -0.0245. The van der Waals surface area contributed by atoms with Gasteiger partial charge in [0.2, 0.25) is 0 Å². The van der Waals surface area contributed by atoms with Crippen LogP contribution in [0.2, 0.25) is 0 Å². The van der Waals surface area contributed by atoms with Gasteiger partial charge in [-0.15, -0.1) is 0 Å². The predicted molar refractivity (Wildman–Crippen MR) is 94.5 cm³/mol. The van der Waals surface area contributed by atoms with Crippen LogP contribution in [-0.2, 0) is 6.54 Å². The average molecular weight is 338 g/mol. The second kappa shape index (κ2) is 7.51. The lowest BCUT2D eigenvalue weighted by Crippen LogP contribution is -2.43. The summed E-state index contributed by atoms with van der Waals surface area (Å²) in [5.74, 6) is 8.42. The second-order valence-corrected chi connectivity index (χ2v) is 6.79. The van der Waals surface area contributed by atoms with E-state index in [9.17, 15) is 0 Å². The van der Waals surface area contributed by atoms with E-state index in [1.54, 1.807) is 18.5 Å². The fraction of sp³-hybridized carbons (Fsp3) is 0.368. The SMILES string of the molecule is CC(C)(C)C#Cc1ccc2c(c1)ONN(Cc1ncccn1)CCO2. The van der Waals surface area contributed by atoms with Gasteiger partial charge in [0.05, 0.1) is 13.1 Å². The molecule has 1 N–H and O–H groups in total. The van der Waals surface area contributed by atoms with E-state index < -0.39 is 0 Å². The Morgan fingerprint density at radius 1 is 1.20 bits per heavy atom. The van der Waals surface area contributed by atoms with Gasteiger partial charge in [0.25, 0.3) is 0 Å². The van der Waals surface area contributed by atoms with Gasteiger partial charge in [0, 0.05) is 29.4 Å². The van der Waals surface area contributed by atoms with Crippen LogP contribution in [0.5, 0.6) is 11.5 Å². The first-order valence-corrected chi connectivity index (χ1v) is 8.23. The molecule has 1 aliphatic rings. The van der Waals surface area contributed by atoms with Crippen LogP contribution in [0.25, 0.3) is 0 Å². The highest BCUT2D eigenvalue weighted by Crippen LogP contribution is 2.28. The molecule has 1 aromatic carbocycles. The molecule has 25 heavy (non-hydrogen) atoms. The molecule has 0 aliphatic carbocycles. The third-order valence-corrected chi connectivity index (χ3v) is 3.38. The second-order valence-electron chi connectivity index (χ2n) is 6.79. The van der Waals surface area contributed by atoms with Crippen molar-refractivity contribution >= 4 is 0 Å².